The molecule has 1 heterocycles. The topological polar surface area (TPSA) is 71.5 Å². The van der Waals surface area contributed by atoms with Crippen LogP contribution in [0.25, 0.3) is 11.1 Å². The van der Waals surface area contributed by atoms with E-state index in [4.69, 9.17) is 4.74 Å². The van der Waals surface area contributed by atoms with Gasteiger partial charge in [-0.05, 0) is 47.5 Å². The Labute approximate surface area is 139 Å². The van der Waals surface area contributed by atoms with Gasteiger partial charge < -0.3 is 15.2 Å². The molecule has 0 aliphatic carbocycles. The van der Waals surface area contributed by atoms with Gasteiger partial charge in [0.2, 0.25) is 0 Å². The highest BCUT2D eigenvalue weighted by atomic mass is 16.5. The molecular weight excluding hydrogens is 304 g/mol. The molecule has 0 atom stereocenters. The Balaban J connectivity index is 1.94. The lowest BCUT2D eigenvalue weighted by Gasteiger charge is -2.10. The molecule has 2 N–H and O–H groups in total. The van der Waals surface area contributed by atoms with E-state index in [1.54, 1.807) is 18.3 Å². The van der Waals surface area contributed by atoms with Gasteiger partial charge in [-0.25, -0.2) is 9.78 Å². The lowest BCUT2D eigenvalue weighted by atomic mass is 10.0. The van der Waals surface area contributed by atoms with Gasteiger partial charge in [-0.2, -0.15) is 0 Å². The Morgan fingerprint density at radius 1 is 1.04 bits per heavy atom. The highest BCUT2D eigenvalue weighted by molar-refractivity contribution is 5.92. The molecule has 0 amide bonds. The summed E-state index contributed by atoms with van der Waals surface area (Å²) in [5.74, 6) is -0.000256. The zero-order chi connectivity index (χ0) is 16.9. The molecule has 5 nitrogen and oxygen atoms in total. The van der Waals surface area contributed by atoms with Gasteiger partial charge >= 0.3 is 5.97 Å². The van der Waals surface area contributed by atoms with Crippen molar-refractivity contribution >= 4 is 17.5 Å². The van der Waals surface area contributed by atoms with Gasteiger partial charge in [0, 0.05) is 11.9 Å². The summed E-state index contributed by atoms with van der Waals surface area (Å²) in [5.41, 5.74) is 2.72. The van der Waals surface area contributed by atoms with E-state index in [0.29, 0.717) is 11.6 Å². The molecule has 5 heteroatoms. The van der Waals surface area contributed by atoms with Crippen LogP contribution in [-0.2, 0) is 0 Å². The Morgan fingerprint density at radius 3 is 2.50 bits per heavy atom. The van der Waals surface area contributed by atoms with Crippen LogP contribution in [0.15, 0.2) is 66.9 Å². The third kappa shape index (κ3) is 3.35. The number of anilines is 2. The van der Waals surface area contributed by atoms with E-state index in [9.17, 15) is 9.90 Å². The highest BCUT2D eigenvalue weighted by Gasteiger charge is 2.12. The van der Waals surface area contributed by atoms with Crippen LogP contribution in [0.4, 0.5) is 11.5 Å². The lowest BCUT2D eigenvalue weighted by Crippen LogP contribution is -2.01. The number of nitrogens with one attached hydrogen (secondary N) is 1. The summed E-state index contributed by atoms with van der Waals surface area (Å²) in [6.07, 6.45) is 1.69. The van der Waals surface area contributed by atoms with Crippen LogP contribution in [0.2, 0.25) is 0 Å². The first-order valence-electron chi connectivity index (χ1n) is 7.37. The molecule has 3 aromatic rings. The number of methoxy groups -OCH3 is 1. The van der Waals surface area contributed by atoms with Crippen molar-refractivity contribution in [2.75, 3.05) is 12.4 Å². The Hall–Kier alpha value is -3.34. The SMILES string of the molecule is COc1ccc(-c2ccnc(Nc3ccccc3)c2)cc1C(=O)O. The fourth-order valence-electron chi connectivity index (χ4n) is 2.40. The van der Waals surface area contributed by atoms with Crippen molar-refractivity contribution in [2.24, 2.45) is 0 Å². The summed E-state index contributed by atoms with van der Waals surface area (Å²) in [6, 6.07) is 18.5. The van der Waals surface area contributed by atoms with Gasteiger partial charge in [0.05, 0.1) is 7.11 Å². The summed E-state index contributed by atoms with van der Waals surface area (Å²) < 4.78 is 5.09. The Bertz CT molecular complexity index is 863. The van der Waals surface area contributed by atoms with Gasteiger partial charge in [0.15, 0.2) is 0 Å². The molecule has 24 heavy (non-hydrogen) atoms. The van der Waals surface area contributed by atoms with Gasteiger partial charge in [-0.3, -0.25) is 0 Å². The zero-order valence-corrected chi connectivity index (χ0v) is 13.1. The number of nitrogens with zero attached hydrogens (tertiary/aromatic N) is 1. The van der Waals surface area contributed by atoms with Crippen LogP contribution in [0, 0.1) is 0 Å². The second-order valence-electron chi connectivity index (χ2n) is 5.14. The molecule has 0 fully saturated rings. The van der Waals surface area contributed by atoms with E-state index >= 15 is 0 Å². The van der Waals surface area contributed by atoms with Crippen LogP contribution >= 0.6 is 0 Å². The van der Waals surface area contributed by atoms with E-state index in [-0.39, 0.29) is 5.56 Å². The lowest BCUT2D eigenvalue weighted by molar-refractivity contribution is 0.0693. The van der Waals surface area contributed by atoms with Crippen molar-refractivity contribution in [3.63, 3.8) is 0 Å². The molecule has 0 bridgehead atoms. The third-order valence-electron chi connectivity index (χ3n) is 3.57. The molecule has 0 saturated carbocycles. The first-order valence-corrected chi connectivity index (χ1v) is 7.37. The average molecular weight is 320 g/mol. The van der Waals surface area contributed by atoms with Gasteiger partial charge in [0.25, 0.3) is 0 Å². The van der Waals surface area contributed by atoms with Crippen LogP contribution in [0.3, 0.4) is 0 Å². The number of carbonyl (C=O) groups is 1. The molecule has 3 rings (SSSR count). The number of carboxylic acid groups (broad SMARTS) is 1. The predicted molar refractivity (Wildman–Crippen MR) is 92.9 cm³/mol. The van der Waals surface area contributed by atoms with Crippen molar-refractivity contribution in [1.82, 2.24) is 4.98 Å². The number of para-hydroxylation sites is 1. The van der Waals surface area contributed by atoms with Crippen molar-refractivity contribution in [3.8, 4) is 16.9 Å². The standard InChI is InChI=1S/C19H16N2O3/c1-24-17-8-7-13(11-16(17)19(22)23)14-9-10-20-18(12-14)21-15-5-3-2-4-6-15/h2-12H,1H3,(H,20,21)(H,22,23). The van der Waals surface area contributed by atoms with E-state index in [1.807, 2.05) is 48.5 Å². The minimum absolute atomic E-state index is 0.129. The number of benzene rings is 2. The van der Waals surface area contributed by atoms with Crippen molar-refractivity contribution in [1.29, 1.82) is 0 Å². The van der Waals surface area contributed by atoms with E-state index in [2.05, 4.69) is 10.3 Å². The fraction of sp³-hybridized carbons (Fsp3) is 0.0526. The van der Waals surface area contributed by atoms with Crippen LogP contribution in [-0.4, -0.2) is 23.2 Å². The van der Waals surface area contributed by atoms with Crippen molar-refractivity contribution < 1.29 is 14.6 Å². The number of rotatable bonds is 5. The second-order valence-corrected chi connectivity index (χ2v) is 5.14. The third-order valence-corrected chi connectivity index (χ3v) is 3.57. The molecule has 2 aromatic carbocycles. The molecule has 0 unspecified atom stereocenters. The summed E-state index contributed by atoms with van der Waals surface area (Å²) >= 11 is 0. The quantitative estimate of drug-likeness (QED) is 0.737. The van der Waals surface area contributed by atoms with Crippen molar-refractivity contribution in [3.05, 3.63) is 72.4 Å². The minimum atomic E-state index is -1.02. The van der Waals surface area contributed by atoms with Crippen LogP contribution in [0.5, 0.6) is 5.75 Å². The molecule has 0 spiro atoms. The molecule has 120 valence electrons. The molecule has 0 saturated heterocycles. The molecular formula is C19H16N2O3. The molecule has 1 aromatic heterocycles. The number of carboxylic acids is 1. The van der Waals surface area contributed by atoms with Gasteiger partial charge in [0.1, 0.15) is 17.1 Å². The van der Waals surface area contributed by atoms with E-state index < -0.39 is 5.97 Å². The van der Waals surface area contributed by atoms with Crippen LogP contribution in [0.1, 0.15) is 10.4 Å². The number of pyridine rings is 1. The maximum atomic E-state index is 11.4. The van der Waals surface area contributed by atoms with Crippen molar-refractivity contribution in [2.45, 2.75) is 0 Å². The summed E-state index contributed by atoms with van der Waals surface area (Å²) in [4.78, 5) is 15.7. The van der Waals surface area contributed by atoms with Gasteiger partial charge in [-0.1, -0.05) is 24.3 Å². The highest BCUT2D eigenvalue weighted by Crippen LogP contribution is 2.28. The number of ether oxygens (including phenoxy) is 1. The normalized spacial score (nSPS) is 10.2. The van der Waals surface area contributed by atoms with E-state index in [0.717, 1.165) is 16.8 Å². The first-order chi connectivity index (χ1) is 11.7. The fourth-order valence-corrected chi connectivity index (χ4v) is 2.40. The summed E-state index contributed by atoms with van der Waals surface area (Å²) in [7, 11) is 1.45. The average Bonchev–Trinajstić information content (AvgIpc) is 2.62. The smallest absolute Gasteiger partial charge is 0.339 e. The van der Waals surface area contributed by atoms with Gasteiger partial charge in [-0.15, -0.1) is 0 Å². The second kappa shape index (κ2) is 6.83. The largest absolute Gasteiger partial charge is 0.496 e. The predicted octanol–water partition coefficient (Wildman–Crippen LogP) is 4.20. The maximum Gasteiger partial charge on any atom is 0.339 e. The maximum absolute atomic E-state index is 11.4. The zero-order valence-electron chi connectivity index (χ0n) is 13.1. The summed E-state index contributed by atoms with van der Waals surface area (Å²) in [5, 5.41) is 12.5. The Morgan fingerprint density at radius 2 is 1.79 bits per heavy atom. The van der Waals surface area contributed by atoms with Crippen LogP contribution < -0.4 is 10.1 Å². The molecule has 0 radical (unpaired) electrons. The number of hydrogen-bond donors (Lipinski definition) is 2. The molecule has 0 aliphatic rings. The monoisotopic (exact) mass is 320 g/mol. The first kappa shape index (κ1) is 15.6. The number of aromatic carboxylic acids is 1. The Kier molecular flexibility index (Phi) is 4.43. The number of aromatic nitrogens is 1. The number of hydrogen-bond acceptors (Lipinski definition) is 4. The minimum Gasteiger partial charge on any atom is -0.496 e. The van der Waals surface area contributed by atoms with E-state index in [1.165, 1.54) is 7.11 Å². The summed E-state index contributed by atoms with van der Waals surface area (Å²) in [6.45, 7) is 0. The molecule has 0 aliphatic heterocycles.